The van der Waals surface area contributed by atoms with E-state index in [-0.39, 0.29) is 36.0 Å². The smallest absolute Gasteiger partial charge is 0.244 e. The van der Waals surface area contributed by atoms with Gasteiger partial charge in [0, 0.05) is 24.5 Å². The first-order valence-electron chi connectivity index (χ1n) is 5.34. The minimum Gasteiger partial charge on any atom is -0.326 e. The number of sulfonamides is 1. The summed E-state index contributed by atoms with van der Waals surface area (Å²) in [5.41, 5.74) is 5.50. The molecule has 1 aromatic rings. The predicted octanol–water partition coefficient (Wildman–Crippen LogP) is -0.374. The maximum Gasteiger partial charge on any atom is 0.244 e. The molecule has 0 saturated carbocycles. The quantitative estimate of drug-likeness (QED) is 0.821. The number of hydrogen-bond donors (Lipinski definition) is 1. The maximum absolute atomic E-state index is 12.3. The Hall–Kier alpha value is -0.480. The van der Waals surface area contributed by atoms with Gasteiger partial charge >= 0.3 is 0 Å². The zero-order chi connectivity index (χ0) is 13.4. The zero-order valence-corrected chi connectivity index (χ0v) is 12.0. The van der Waals surface area contributed by atoms with Crippen molar-refractivity contribution in [3.8, 4) is 0 Å². The van der Waals surface area contributed by atoms with Crippen LogP contribution in [0.4, 0.5) is 0 Å². The molecule has 0 bridgehead atoms. The number of nitrogens with two attached hydrogens (primary N) is 1. The highest BCUT2D eigenvalue weighted by Crippen LogP contribution is 2.25. The van der Waals surface area contributed by atoms with E-state index in [1.54, 1.807) is 5.38 Å². The van der Waals surface area contributed by atoms with Crippen molar-refractivity contribution in [2.45, 2.75) is 11.4 Å². The molecule has 0 aliphatic carbocycles. The largest absolute Gasteiger partial charge is 0.326 e. The van der Waals surface area contributed by atoms with E-state index in [9.17, 15) is 16.8 Å². The monoisotopic (exact) mass is 310 g/mol. The highest BCUT2D eigenvalue weighted by atomic mass is 32.2. The summed E-state index contributed by atoms with van der Waals surface area (Å²) in [6.45, 7) is 0.202. The van der Waals surface area contributed by atoms with Crippen molar-refractivity contribution in [3.63, 3.8) is 0 Å². The van der Waals surface area contributed by atoms with E-state index in [1.165, 1.54) is 21.7 Å². The molecule has 1 fully saturated rings. The molecule has 0 spiro atoms. The van der Waals surface area contributed by atoms with Crippen LogP contribution >= 0.6 is 11.3 Å². The Morgan fingerprint density at radius 2 is 1.94 bits per heavy atom. The van der Waals surface area contributed by atoms with Crippen LogP contribution in [0, 0.1) is 0 Å². The average molecular weight is 310 g/mol. The maximum atomic E-state index is 12.3. The Balaban J connectivity index is 2.28. The zero-order valence-electron chi connectivity index (χ0n) is 9.57. The second-order valence-electron chi connectivity index (χ2n) is 3.97. The fourth-order valence-electron chi connectivity index (χ4n) is 1.78. The van der Waals surface area contributed by atoms with Gasteiger partial charge in [0.1, 0.15) is 0 Å². The van der Waals surface area contributed by atoms with Crippen molar-refractivity contribution in [3.05, 3.63) is 16.3 Å². The van der Waals surface area contributed by atoms with Crippen molar-refractivity contribution in [2.75, 3.05) is 24.6 Å². The topological polar surface area (TPSA) is 97.5 Å². The summed E-state index contributed by atoms with van der Waals surface area (Å²) < 4.78 is 48.4. The Bertz CT molecular complexity index is 619. The van der Waals surface area contributed by atoms with E-state index in [4.69, 9.17) is 5.73 Å². The highest BCUT2D eigenvalue weighted by Gasteiger charge is 2.32. The summed E-state index contributed by atoms with van der Waals surface area (Å²) in [4.78, 5) is 0.803. The summed E-state index contributed by atoms with van der Waals surface area (Å²) in [5.74, 6) is -0.233. The first-order valence-corrected chi connectivity index (χ1v) is 9.48. The minimum atomic E-state index is -3.61. The van der Waals surface area contributed by atoms with Crippen LogP contribution in [0.3, 0.4) is 0 Å². The van der Waals surface area contributed by atoms with Crippen LogP contribution in [0.25, 0.3) is 0 Å². The lowest BCUT2D eigenvalue weighted by Gasteiger charge is -2.25. The standard InChI is InChI=1S/C9H14N2O4S3/c10-7-8-9(1-4-16-8)18(14,15)11-2-5-17(12,13)6-3-11/h1,4H,2-3,5-7,10H2. The van der Waals surface area contributed by atoms with Gasteiger partial charge in [-0.25, -0.2) is 16.8 Å². The van der Waals surface area contributed by atoms with Crippen LogP contribution in [0.5, 0.6) is 0 Å². The van der Waals surface area contributed by atoms with Gasteiger partial charge < -0.3 is 5.73 Å². The molecular formula is C9H14N2O4S3. The van der Waals surface area contributed by atoms with E-state index in [0.29, 0.717) is 4.88 Å². The van der Waals surface area contributed by atoms with Gasteiger partial charge in [-0.15, -0.1) is 11.3 Å². The van der Waals surface area contributed by atoms with Crippen molar-refractivity contribution in [1.82, 2.24) is 4.31 Å². The molecule has 1 aliphatic rings. The lowest BCUT2D eigenvalue weighted by Crippen LogP contribution is -2.43. The van der Waals surface area contributed by atoms with E-state index < -0.39 is 19.9 Å². The van der Waals surface area contributed by atoms with E-state index in [1.807, 2.05) is 0 Å². The van der Waals surface area contributed by atoms with Crippen LogP contribution < -0.4 is 5.73 Å². The fraction of sp³-hybridized carbons (Fsp3) is 0.556. The number of thiophene rings is 1. The number of rotatable bonds is 3. The van der Waals surface area contributed by atoms with Crippen molar-refractivity contribution in [1.29, 1.82) is 0 Å². The molecule has 0 unspecified atom stereocenters. The third kappa shape index (κ3) is 2.59. The van der Waals surface area contributed by atoms with Gasteiger partial charge in [0.25, 0.3) is 0 Å². The number of sulfone groups is 1. The van der Waals surface area contributed by atoms with Crippen LogP contribution in [-0.4, -0.2) is 45.7 Å². The molecule has 1 aliphatic heterocycles. The SMILES string of the molecule is NCc1sccc1S(=O)(=O)N1CCS(=O)(=O)CC1. The second kappa shape index (κ2) is 4.89. The Morgan fingerprint density at radius 3 is 2.50 bits per heavy atom. The summed E-state index contributed by atoms with van der Waals surface area (Å²) in [6.07, 6.45) is 0. The van der Waals surface area contributed by atoms with Crippen LogP contribution in [0.15, 0.2) is 16.3 Å². The molecule has 2 heterocycles. The molecule has 1 aromatic heterocycles. The average Bonchev–Trinajstić information content (AvgIpc) is 2.77. The molecule has 9 heteroatoms. The molecule has 0 radical (unpaired) electrons. The normalized spacial score (nSPS) is 20.9. The van der Waals surface area contributed by atoms with Gasteiger partial charge in [0.05, 0.1) is 16.4 Å². The van der Waals surface area contributed by atoms with Crippen LogP contribution in [0.1, 0.15) is 4.88 Å². The van der Waals surface area contributed by atoms with Crippen molar-refractivity contribution in [2.24, 2.45) is 5.73 Å². The van der Waals surface area contributed by atoms with E-state index >= 15 is 0 Å². The first-order chi connectivity index (χ1) is 8.37. The van der Waals surface area contributed by atoms with E-state index in [0.717, 1.165) is 0 Å². The minimum absolute atomic E-state index is 0.0184. The first kappa shape index (κ1) is 13.9. The second-order valence-corrected chi connectivity index (χ2v) is 9.18. The van der Waals surface area contributed by atoms with Gasteiger partial charge in [0.2, 0.25) is 10.0 Å². The fourth-order valence-corrected chi connectivity index (χ4v) is 5.96. The molecule has 18 heavy (non-hydrogen) atoms. The predicted molar refractivity (Wildman–Crippen MR) is 69.6 cm³/mol. The molecule has 0 amide bonds. The molecule has 1 saturated heterocycles. The molecule has 102 valence electrons. The lowest BCUT2D eigenvalue weighted by atomic mass is 10.5. The molecular weight excluding hydrogens is 296 g/mol. The molecule has 6 nitrogen and oxygen atoms in total. The van der Waals surface area contributed by atoms with Gasteiger partial charge in [-0.2, -0.15) is 4.31 Å². The summed E-state index contributed by atoms with van der Waals surface area (Å²) in [7, 11) is -6.70. The van der Waals surface area contributed by atoms with Crippen LogP contribution in [-0.2, 0) is 26.4 Å². The van der Waals surface area contributed by atoms with Gasteiger partial charge in [-0.1, -0.05) is 0 Å². The lowest BCUT2D eigenvalue weighted by molar-refractivity contribution is 0.430. The van der Waals surface area contributed by atoms with Gasteiger partial charge in [-0.05, 0) is 11.4 Å². The summed E-state index contributed by atoms with van der Waals surface area (Å²) in [5, 5.41) is 1.68. The van der Waals surface area contributed by atoms with Crippen molar-refractivity contribution >= 4 is 31.2 Å². The van der Waals surface area contributed by atoms with Crippen LogP contribution in [0.2, 0.25) is 0 Å². The summed E-state index contributed by atoms with van der Waals surface area (Å²) >= 11 is 1.29. The Morgan fingerprint density at radius 1 is 1.33 bits per heavy atom. The van der Waals surface area contributed by atoms with Gasteiger partial charge in [-0.3, -0.25) is 0 Å². The third-order valence-corrected chi connectivity index (χ3v) is 7.48. The Labute approximate surface area is 110 Å². The Kier molecular flexibility index (Phi) is 3.79. The van der Waals surface area contributed by atoms with E-state index in [2.05, 4.69) is 0 Å². The summed E-state index contributed by atoms with van der Waals surface area (Å²) in [6, 6.07) is 1.52. The third-order valence-electron chi connectivity index (χ3n) is 2.81. The highest BCUT2D eigenvalue weighted by molar-refractivity contribution is 7.92. The number of hydrogen-bond acceptors (Lipinski definition) is 6. The number of nitrogens with zero attached hydrogens (tertiary/aromatic N) is 1. The molecule has 0 atom stereocenters. The van der Waals surface area contributed by atoms with Crippen molar-refractivity contribution < 1.29 is 16.8 Å². The molecule has 0 aromatic carbocycles. The molecule has 2 N–H and O–H groups in total. The molecule has 2 rings (SSSR count). The van der Waals surface area contributed by atoms with Gasteiger partial charge in [0.15, 0.2) is 9.84 Å².